The van der Waals surface area contributed by atoms with Crippen LogP contribution in [-0.4, -0.2) is 24.5 Å². The Hall–Kier alpha value is -0.300. The highest BCUT2D eigenvalue weighted by Gasteiger charge is 2.33. The van der Waals surface area contributed by atoms with Gasteiger partial charge in [-0.25, -0.2) is 0 Å². The van der Waals surface area contributed by atoms with Crippen LogP contribution < -0.4 is 0 Å². The Labute approximate surface area is 75.4 Å². The predicted octanol–water partition coefficient (Wildman–Crippen LogP) is 2.29. The van der Waals surface area contributed by atoms with E-state index in [9.17, 15) is 0 Å². The molecule has 2 aliphatic rings. The Morgan fingerprint density at radius 3 is 2.92 bits per heavy atom. The van der Waals surface area contributed by atoms with E-state index in [1.807, 2.05) is 0 Å². The first-order valence-corrected chi connectivity index (χ1v) is 5.07. The maximum absolute atomic E-state index is 2.50. The molecule has 0 bridgehead atoms. The summed E-state index contributed by atoms with van der Waals surface area (Å²) >= 11 is 0. The molecular formula is C11H19N. The van der Waals surface area contributed by atoms with Crippen LogP contribution in [0.15, 0.2) is 11.6 Å². The summed E-state index contributed by atoms with van der Waals surface area (Å²) in [5, 5.41) is 0. The van der Waals surface area contributed by atoms with Crippen molar-refractivity contribution in [2.24, 2.45) is 11.8 Å². The van der Waals surface area contributed by atoms with E-state index in [0.717, 1.165) is 17.9 Å². The molecule has 1 aliphatic carbocycles. The molecule has 0 radical (unpaired) electrons. The summed E-state index contributed by atoms with van der Waals surface area (Å²) in [5.41, 5.74) is 1.74. The molecule has 0 saturated heterocycles. The average Bonchev–Trinajstić information content (AvgIpc) is 2.65. The number of allylic oxidation sites excluding steroid dienone is 1. The maximum Gasteiger partial charge on any atom is 0.00699 e. The van der Waals surface area contributed by atoms with Gasteiger partial charge in [-0.3, -0.25) is 0 Å². The van der Waals surface area contributed by atoms with E-state index in [4.69, 9.17) is 0 Å². The quantitative estimate of drug-likeness (QED) is 0.498. The molecule has 0 spiro atoms. The SMILES string of the molecule is CC1/C=C2/CC2CC(C)N(C)C1. The zero-order valence-electron chi connectivity index (χ0n) is 8.38. The van der Waals surface area contributed by atoms with Crippen LogP contribution in [0.25, 0.3) is 0 Å². The Bertz CT molecular complexity index is 205. The smallest absolute Gasteiger partial charge is 0.00699 e. The third-order valence-corrected chi connectivity index (χ3v) is 3.30. The van der Waals surface area contributed by atoms with E-state index >= 15 is 0 Å². The lowest BCUT2D eigenvalue weighted by Crippen LogP contribution is -2.33. The fourth-order valence-electron chi connectivity index (χ4n) is 2.31. The molecule has 0 aromatic carbocycles. The molecule has 0 aromatic rings. The topological polar surface area (TPSA) is 3.24 Å². The normalized spacial score (nSPS) is 46.9. The fourth-order valence-corrected chi connectivity index (χ4v) is 2.31. The lowest BCUT2D eigenvalue weighted by Gasteiger charge is -2.27. The summed E-state index contributed by atoms with van der Waals surface area (Å²) < 4.78 is 0. The number of nitrogens with zero attached hydrogens (tertiary/aromatic N) is 1. The van der Waals surface area contributed by atoms with E-state index in [0.29, 0.717) is 0 Å². The molecule has 3 unspecified atom stereocenters. The molecular weight excluding hydrogens is 146 g/mol. The lowest BCUT2D eigenvalue weighted by atomic mass is 10.0. The molecule has 1 nitrogen and oxygen atoms in total. The van der Waals surface area contributed by atoms with Gasteiger partial charge in [0.15, 0.2) is 0 Å². The maximum atomic E-state index is 2.50. The molecule has 3 atom stereocenters. The van der Waals surface area contributed by atoms with Crippen LogP contribution >= 0.6 is 0 Å². The van der Waals surface area contributed by atoms with E-state index in [-0.39, 0.29) is 0 Å². The minimum Gasteiger partial charge on any atom is -0.303 e. The van der Waals surface area contributed by atoms with E-state index < -0.39 is 0 Å². The van der Waals surface area contributed by atoms with Gasteiger partial charge in [-0.2, -0.15) is 0 Å². The second kappa shape index (κ2) is 2.88. The molecule has 1 heteroatoms. The molecule has 68 valence electrons. The van der Waals surface area contributed by atoms with Gasteiger partial charge in [0.25, 0.3) is 0 Å². The van der Waals surface area contributed by atoms with Gasteiger partial charge in [0, 0.05) is 12.6 Å². The molecule has 1 heterocycles. The van der Waals surface area contributed by atoms with Gasteiger partial charge in [0.2, 0.25) is 0 Å². The third-order valence-electron chi connectivity index (χ3n) is 3.30. The van der Waals surface area contributed by atoms with Gasteiger partial charge in [-0.15, -0.1) is 0 Å². The highest BCUT2D eigenvalue weighted by molar-refractivity contribution is 5.25. The van der Waals surface area contributed by atoms with Crippen LogP contribution in [0.3, 0.4) is 0 Å². The van der Waals surface area contributed by atoms with Crippen LogP contribution in [-0.2, 0) is 0 Å². The minimum absolute atomic E-state index is 0.762. The molecule has 12 heavy (non-hydrogen) atoms. The third kappa shape index (κ3) is 1.56. The Morgan fingerprint density at radius 1 is 1.42 bits per heavy atom. The van der Waals surface area contributed by atoms with Crippen molar-refractivity contribution in [2.75, 3.05) is 13.6 Å². The summed E-state index contributed by atoms with van der Waals surface area (Å²) in [5.74, 6) is 1.71. The highest BCUT2D eigenvalue weighted by atomic mass is 15.1. The van der Waals surface area contributed by atoms with Crippen molar-refractivity contribution >= 4 is 0 Å². The second-order valence-electron chi connectivity index (χ2n) is 4.64. The van der Waals surface area contributed by atoms with Gasteiger partial charge < -0.3 is 4.90 Å². The molecule has 0 amide bonds. The molecule has 1 aliphatic heterocycles. The molecule has 0 N–H and O–H groups in total. The van der Waals surface area contributed by atoms with E-state index in [1.165, 1.54) is 19.4 Å². The standard InChI is InChI=1S/C11H19N/c1-8-4-10-6-11(10)5-9(2)12(3)7-8/h4,8-9,11H,5-7H2,1-3H3/b10-4-. The van der Waals surface area contributed by atoms with Crippen molar-refractivity contribution in [3.05, 3.63) is 11.6 Å². The Kier molecular flexibility index (Phi) is 1.99. The Balaban J connectivity index is 2.09. The number of hydrogen-bond donors (Lipinski definition) is 0. The first kappa shape index (κ1) is 8.31. The largest absolute Gasteiger partial charge is 0.303 e. The van der Waals surface area contributed by atoms with Gasteiger partial charge in [-0.1, -0.05) is 18.6 Å². The number of rotatable bonds is 0. The van der Waals surface area contributed by atoms with Crippen molar-refractivity contribution in [3.63, 3.8) is 0 Å². The summed E-state index contributed by atoms with van der Waals surface area (Å²) in [6.45, 7) is 5.92. The van der Waals surface area contributed by atoms with Crippen molar-refractivity contribution in [1.29, 1.82) is 0 Å². The van der Waals surface area contributed by atoms with Crippen LogP contribution in [0.1, 0.15) is 26.7 Å². The number of hydrogen-bond acceptors (Lipinski definition) is 1. The average molecular weight is 165 g/mol. The predicted molar refractivity (Wildman–Crippen MR) is 52.1 cm³/mol. The number of fused-ring (bicyclic) bond motifs is 1. The summed E-state index contributed by atoms with van der Waals surface area (Å²) in [4.78, 5) is 2.50. The van der Waals surface area contributed by atoms with Crippen molar-refractivity contribution in [2.45, 2.75) is 32.7 Å². The molecule has 0 aromatic heterocycles. The van der Waals surface area contributed by atoms with Gasteiger partial charge in [0.1, 0.15) is 0 Å². The van der Waals surface area contributed by atoms with Gasteiger partial charge in [0.05, 0.1) is 0 Å². The zero-order chi connectivity index (χ0) is 8.72. The first-order chi connectivity index (χ1) is 5.66. The highest BCUT2D eigenvalue weighted by Crippen LogP contribution is 2.43. The first-order valence-electron chi connectivity index (χ1n) is 5.07. The van der Waals surface area contributed by atoms with Crippen LogP contribution in [0.4, 0.5) is 0 Å². The zero-order valence-corrected chi connectivity index (χ0v) is 8.38. The van der Waals surface area contributed by atoms with Gasteiger partial charge >= 0.3 is 0 Å². The van der Waals surface area contributed by atoms with E-state index in [2.05, 4.69) is 31.9 Å². The van der Waals surface area contributed by atoms with Gasteiger partial charge in [-0.05, 0) is 38.6 Å². The van der Waals surface area contributed by atoms with Crippen LogP contribution in [0.2, 0.25) is 0 Å². The molecule has 1 saturated carbocycles. The van der Waals surface area contributed by atoms with Crippen LogP contribution in [0.5, 0.6) is 0 Å². The Morgan fingerprint density at radius 2 is 2.17 bits per heavy atom. The lowest BCUT2D eigenvalue weighted by molar-refractivity contribution is 0.220. The second-order valence-corrected chi connectivity index (χ2v) is 4.64. The fraction of sp³-hybridized carbons (Fsp3) is 0.818. The van der Waals surface area contributed by atoms with Crippen molar-refractivity contribution < 1.29 is 0 Å². The van der Waals surface area contributed by atoms with Crippen molar-refractivity contribution in [1.82, 2.24) is 4.90 Å². The van der Waals surface area contributed by atoms with E-state index in [1.54, 1.807) is 5.57 Å². The summed E-state index contributed by atoms with van der Waals surface area (Å²) in [6, 6.07) is 0.781. The molecule has 2 rings (SSSR count). The van der Waals surface area contributed by atoms with Crippen LogP contribution in [0, 0.1) is 11.8 Å². The summed E-state index contributed by atoms with van der Waals surface area (Å²) in [7, 11) is 2.25. The monoisotopic (exact) mass is 165 g/mol. The summed E-state index contributed by atoms with van der Waals surface area (Å²) in [6.07, 6.45) is 5.27. The minimum atomic E-state index is 0.762. The van der Waals surface area contributed by atoms with Crippen molar-refractivity contribution in [3.8, 4) is 0 Å². The molecule has 1 fully saturated rings.